The Hall–Kier alpha value is -2.89. The Bertz CT molecular complexity index is 686. The van der Waals surface area contributed by atoms with E-state index in [0.717, 1.165) is 5.56 Å². The fraction of sp³-hybridized carbons (Fsp3) is 0.133. The van der Waals surface area contributed by atoms with Gasteiger partial charge in [0.1, 0.15) is 5.75 Å². The molecule has 0 fully saturated rings. The van der Waals surface area contributed by atoms with Gasteiger partial charge in [-0.3, -0.25) is 14.6 Å². The molecular formula is C15H13N3O3. The van der Waals surface area contributed by atoms with E-state index in [4.69, 9.17) is 4.74 Å². The number of carbonyl (C=O) groups is 2. The number of amides is 2. The molecule has 2 N–H and O–H groups in total. The Morgan fingerprint density at radius 2 is 2.10 bits per heavy atom. The van der Waals surface area contributed by atoms with Crippen molar-refractivity contribution in [3.05, 3.63) is 53.9 Å². The van der Waals surface area contributed by atoms with Crippen molar-refractivity contribution < 1.29 is 14.3 Å². The van der Waals surface area contributed by atoms with Crippen molar-refractivity contribution in [1.29, 1.82) is 0 Å². The molecule has 2 heterocycles. The molecule has 21 heavy (non-hydrogen) atoms. The van der Waals surface area contributed by atoms with Crippen LogP contribution in [0.2, 0.25) is 0 Å². The summed E-state index contributed by atoms with van der Waals surface area (Å²) in [6.07, 6.45) is 3.33. The van der Waals surface area contributed by atoms with Crippen LogP contribution in [0.25, 0.3) is 0 Å². The first-order chi connectivity index (χ1) is 10.2. The van der Waals surface area contributed by atoms with E-state index in [1.165, 1.54) is 0 Å². The van der Waals surface area contributed by atoms with Crippen LogP contribution in [0.15, 0.2) is 42.7 Å². The number of hydrogen-bond acceptors (Lipinski definition) is 4. The molecule has 2 amide bonds. The Morgan fingerprint density at radius 3 is 2.90 bits per heavy atom. The maximum atomic E-state index is 12.3. The molecule has 2 aromatic rings. The van der Waals surface area contributed by atoms with Crippen LogP contribution in [0.4, 0.5) is 5.69 Å². The van der Waals surface area contributed by atoms with E-state index in [1.54, 1.807) is 30.6 Å². The van der Waals surface area contributed by atoms with Gasteiger partial charge in [0.15, 0.2) is 6.61 Å². The third-order valence-corrected chi connectivity index (χ3v) is 3.10. The molecule has 106 valence electrons. The number of aromatic nitrogens is 1. The SMILES string of the molecule is O=C1COc2cccc(C(=O)NCc3ccncc3)c2N1. The highest BCUT2D eigenvalue weighted by Gasteiger charge is 2.22. The maximum absolute atomic E-state index is 12.3. The Balaban J connectivity index is 1.77. The van der Waals surface area contributed by atoms with Gasteiger partial charge in [-0.2, -0.15) is 0 Å². The summed E-state index contributed by atoms with van der Waals surface area (Å²) in [4.78, 5) is 27.6. The molecule has 6 nitrogen and oxygen atoms in total. The van der Waals surface area contributed by atoms with Crippen LogP contribution < -0.4 is 15.4 Å². The van der Waals surface area contributed by atoms with Crippen LogP contribution >= 0.6 is 0 Å². The minimum absolute atomic E-state index is 0.0327. The van der Waals surface area contributed by atoms with Crippen molar-refractivity contribution in [2.24, 2.45) is 0 Å². The second-order valence-corrected chi connectivity index (χ2v) is 4.55. The highest BCUT2D eigenvalue weighted by molar-refractivity contribution is 6.06. The van der Waals surface area contributed by atoms with Crippen LogP contribution in [-0.2, 0) is 11.3 Å². The van der Waals surface area contributed by atoms with Gasteiger partial charge in [0.05, 0.1) is 11.3 Å². The molecular weight excluding hydrogens is 270 g/mol. The number of hydrogen-bond donors (Lipinski definition) is 2. The monoisotopic (exact) mass is 283 g/mol. The second-order valence-electron chi connectivity index (χ2n) is 4.55. The number of ether oxygens (including phenoxy) is 1. The fourth-order valence-corrected chi connectivity index (χ4v) is 2.07. The molecule has 0 radical (unpaired) electrons. The molecule has 0 bridgehead atoms. The summed E-state index contributed by atoms with van der Waals surface area (Å²) in [7, 11) is 0. The Kier molecular flexibility index (Phi) is 3.51. The number of fused-ring (bicyclic) bond motifs is 1. The number of pyridine rings is 1. The lowest BCUT2D eigenvalue weighted by atomic mass is 10.1. The van der Waals surface area contributed by atoms with Gasteiger partial charge in [-0.25, -0.2) is 0 Å². The molecule has 3 rings (SSSR count). The second kappa shape index (κ2) is 5.62. The van der Waals surface area contributed by atoms with Gasteiger partial charge in [-0.15, -0.1) is 0 Å². The van der Waals surface area contributed by atoms with Crippen LogP contribution in [0.1, 0.15) is 15.9 Å². The maximum Gasteiger partial charge on any atom is 0.262 e. The predicted octanol–water partition coefficient (Wildman–Crippen LogP) is 1.34. The highest BCUT2D eigenvalue weighted by atomic mass is 16.5. The first-order valence-electron chi connectivity index (χ1n) is 6.47. The first kappa shape index (κ1) is 13.1. The molecule has 0 saturated heterocycles. The van der Waals surface area contributed by atoms with Crippen molar-refractivity contribution in [3.8, 4) is 5.75 Å². The van der Waals surface area contributed by atoms with E-state index >= 15 is 0 Å². The van der Waals surface area contributed by atoms with Gasteiger partial charge in [-0.1, -0.05) is 6.07 Å². The van der Waals surface area contributed by atoms with E-state index < -0.39 is 0 Å². The normalized spacial score (nSPS) is 12.9. The summed E-state index contributed by atoms with van der Waals surface area (Å²) in [5.74, 6) is -0.0301. The quantitative estimate of drug-likeness (QED) is 0.891. The van der Waals surface area contributed by atoms with Crippen molar-refractivity contribution in [2.45, 2.75) is 6.54 Å². The van der Waals surface area contributed by atoms with Gasteiger partial charge < -0.3 is 15.4 Å². The lowest BCUT2D eigenvalue weighted by Crippen LogP contribution is -2.29. The fourth-order valence-electron chi connectivity index (χ4n) is 2.07. The van der Waals surface area contributed by atoms with Crippen molar-refractivity contribution in [3.63, 3.8) is 0 Å². The van der Waals surface area contributed by atoms with Gasteiger partial charge in [0.2, 0.25) is 0 Å². The lowest BCUT2D eigenvalue weighted by Gasteiger charge is -2.20. The molecule has 1 aromatic carbocycles. The molecule has 0 saturated carbocycles. The van der Waals surface area contributed by atoms with E-state index in [1.807, 2.05) is 12.1 Å². The number of nitrogens with one attached hydrogen (secondary N) is 2. The van der Waals surface area contributed by atoms with Gasteiger partial charge in [0.25, 0.3) is 11.8 Å². The number of benzene rings is 1. The number of rotatable bonds is 3. The topological polar surface area (TPSA) is 80.3 Å². The van der Waals surface area contributed by atoms with E-state index in [-0.39, 0.29) is 18.4 Å². The zero-order valence-corrected chi connectivity index (χ0v) is 11.1. The van der Waals surface area contributed by atoms with Gasteiger partial charge in [0, 0.05) is 18.9 Å². The smallest absolute Gasteiger partial charge is 0.262 e. The highest BCUT2D eigenvalue weighted by Crippen LogP contribution is 2.30. The van der Waals surface area contributed by atoms with E-state index in [9.17, 15) is 9.59 Å². The molecule has 0 spiro atoms. The molecule has 1 aromatic heterocycles. The zero-order chi connectivity index (χ0) is 14.7. The van der Waals surface area contributed by atoms with Crippen LogP contribution in [0.5, 0.6) is 5.75 Å². The van der Waals surface area contributed by atoms with Crippen LogP contribution in [0.3, 0.4) is 0 Å². The number of para-hydroxylation sites is 1. The number of anilines is 1. The predicted molar refractivity (Wildman–Crippen MR) is 76.0 cm³/mol. The van der Waals surface area contributed by atoms with Crippen molar-refractivity contribution >= 4 is 17.5 Å². The summed E-state index contributed by atoms with van der Waals surface area (Å²) < 4.78 is 5.29. The summed E-state index contributed by atoms with van der Waals surface area (Å²) >= 11 is 0. The van der Waals surface area contributed by atoms with Crippen LogP contribution in [0, 0.1) is 0 Å². The van der Waals surface area contributed by atoms with E-state index in [2.05, 4.69) is 15.6 Å². The summed E-state index contributed by atoms with van der Waals surface area (Å²) in [6.45, 7) is 0.356. The first-order valence-corrected chi connectivity index (χ1v) is 6.47. The third kappa shape index (κ3) is 2.84. The minimum atomic E-state index is -0.269. The largest absolute Gasteiger partial charge is 0.482 e. The molecule has 1 aliphatic heterocycles. The Morgan fingerprint density at radius 1 is 1.29 bits per heavy atom. The lowest BCUT2D eigenvalue weighted by molar-refractivity contribution is -0.118. The molecule has 0 unspecified atom stereocenters. The average molecular weight is 283 g/mol. The van der Waals surface area contributed by atoms with Gasteiger partial charge in [-0.05, 0) is 29.8 Å². The number of carbonyl (C=O) groups excluding carboxylic acids is 2. The third-order valence-electron chi connectivity index (χ3n) is 3.10. The van der Waals surface area contributed by atoms with E-state index in [0.29, 0.717) is 23.5 Å². The molecule has 0 atom stereocenters. The standard InChI is InChI=1S/C15H13N3O3/c19-13-9-21-12-3-1-2-11(14(12)18-13)15(20)17-8-10-4-6-16-7-5-10/h1-7H,8-9H2,(H,17,20)(H,18,19). The minimum Gasteiger partial charge on any atom is -0.482 e. The molecule has 6 heteroatoms. The molecule has 1 aliphatic rings. The van der Waals surface area contributed by atoms with Crippen LogP contribution in [-0.4, -0.2) is 23.4 Å². The zero-order valence-electron chi connectivity index (χ0n) is 11.1. The summed E-state index contributed by atoms with van der Waals surface area (Å²) in [6, 6.07) is 8.74. The Labute approximate surface area is 121 Å². The van der Waals surface area contributed by atoms with Crippen molar-refractivity contribution in [2.75, 3.05) is 11.9 Å². The van der Waals surface area contributed by atoms with Crippen molar-refractivity contribution in [1.82, 2.24) is 10.3 Å². The summed E-state index contributed by atoms with van der Waals surface area (Å²) in [5.41, 5.74) is 1.75. The average Bonchev–Trinajstić information content (AvgIpc) is 2.53. The van der Waals surface area contributed by atoms with Gasteiger partial charge >= 0.3 is 0 Å². The number of nitrogens with zero attached hydrogens (tertiary/aromatic N) is 1. The molecule has 0 aliphatic carbocycles. The summed E-state index contributed by atoms with van der Waals surface area (Å²) in [5, 5.41) is 5.48.